The fourth-order valence-corrected chi connectivity index (χ4v) is 5.16. The number of H-pyrrole nitrogens is 1. The fourth-order valence-electron chi connectivity index (χ4n) is 2.63. The molecule has 0 aliphatic carbocycles. The molecule has 0 saturated carbocycles. The molecule has 0 fully saturated rings. The van der Waals surface area contributed by atoms with Gasteiger partial charge in [-0.1, -0.05) is 58.4 Å². The molecule has 0 atom stereocenters. The molecule has 0 aliphatic heterocycles. The molecule has 4 rings (SSSR count). The van der Waals surface area contributed by atoms with Crippen LogP contribution in [0, 0.1) is 15.3 Å². The van der Waals surface area contributed by atoms with Crippen molar-refractivity contribution in [2.45, 2.75) is 4.34 Å². The normalized spacial score (nSPS) is 12.0. The minimum atomic E-state index is -0.0937. The number of aromatic nitrogens is 4. The first-order valence-electron chi connectivity index (χ1n) is 8.42. The van der Waals surface area contributed by atoms with Gasteiger partial charge in [0.05, 0.1) is 32.5 Å². The number of benzene rings is 2. The summed E-state index contributed by atoms with van der Waals surface area (Å²) >= 11 is 20.0. The monoisotopic (exact) mass is 491 g/mol. The zero-order valence-corrected chi connectivity index (χ0v) is 18.9. The Hall–Kier alpha value is -2.35. The second kappa shape index (κ2) is 8.79. The van der Waals surface area contributed by atoms with Crippen LogP contribution in [0.4, 0.5) is 0 Å². The summed E-state index contributed by atoms with van der Waals surface area (Å²) in [6.45, 7) is 0. The number of imidazole rings is 1. The van der Waals surface area contributed by atoms with Crippen molar-refractivity contribution in [2.24, 2.45) is 0 Å². The highest BCUT2D eigenvalue weighted by atomic mass is 35.5. The van der Waals surface area contributed by atoms with Crippen molar-refractivity contribution in [3.05, 3.63) is 68.0 Å². The summed E-state index contributed by atoms with van der Waals surface area (Å²) < 4.78 is 2.74. The number of aromatic amines is 1. The van der Waals surface area contributed by atoms with E-state index in [9.17, 15) is 10.4 Å². The minimum absolute atomic E-state index is 0.0891. The summed E-state index contributed by atoms with van der Waals surface area (Å²) in [6.07, 6.45) is 0. The van der Waals surface area contributed by atoms with E-state index >= 15 is 0 Å². The number of hydrogen-bond donors (Lipinski definition) is 2. The van der Waals surface area contributed by atoms with Crippen molar-refractivity contribution in [3.63, 3.8) is 0 Å². The third-order valence-corrected chi connectivity index (χ3v) is 7.15. The number of para-hydroxylation sites is 2. The molecular weight excluding hydrogens is 481 g/mol. The Morgan fingerprint density at radius 2 is 2.07 bits per heavy atom. The number of rotatable bonds is 5. The predicted molar refractivity (Wildman–Crippen MR) is 124 cm³/mol. The number of hydrogen-bond acceptors (Lipinski definition) is 7. The van der Waals surface area contributed by atoms with Crippen molar-refractivity contribution < 1.29 is 5.11 Å². The number of aliphatic hydroxyl groups excluding tert-OH is 1. The van der Waals surface area contributed by atoms with Crippen LogP contribution in [0.15, 0.2) is 52.6 Å². The number of halogens is 2. The molecule has 4 aromatic rings. The summed E-state index contributed by atoms with van der Waals surface area (Å²) in [6, 6.07) is 14.6. The van der Waals surface area contributed by atoms with Gasteiger partial charge >= 0.3 is 0 Å². The van der Waals surface area contributed by atoms with Crippen LogP contribution >= 0.6 is 58.5 Å². The van der Waals surface area contributed by atoms with Gasteiger partial charge in [-0.3, -0.25) is 0 Å². The molecule has 0 radical (unpaired) electrons. The second-order valence-corrected chi connectivity index (χ2v) is 9.63. The van der Waals surface area contributed by atoms with Crippen LogP contribution in [0.1, 0.15) is 5.82 Å². The van der Waals surface area contributed by atoms with E-state index in [4.69, 9.17) is 35.4 Å². The number of aliphatic hydroxyl groups is 1. The molecule has 2 N–H and O–H groups in total. The molecule has 150 valence electrons. The van der Waals surface area contributed by atoms with Gasteiger partial charge in [0.2, 0.25) is 0 Å². The van der Waals surface area contributed by atoms with Crippen molar-refractivity contribution >= 4 is 75.1 Å². The molecule has 0 unspecified atom stereocenters. The van der Waals surface area contributed by atoms with E-state index in [1.807, 2.05) is 30.3 Å². The van der Waals surface area contributed by atoms with Crippen molar-refractivity contribution in [1.29, 1.82) is 5.26 Å². The smallest absolute Gasteiger partial charge is 0.184 e. The van der Waals surface area contributed by atoms with E-state index in [-0.39, 0.29) is 17.1 Å². The molecule has 0 bridgehead atoms. The topological polar surface area (TPSA) is 90.5 Å². The largest absolute Gasteiger partial charge is 0.510 e. The van der Waals surface area contributed by atoms with Gasteiger partial charge in [0.1, 0.15) is 17.4 Å². The lowest BCUT2D eigenvalue weighted by Gasteiger charge is -2.03. The predicted octanol–water partition coefficient (Wildman–Crippen LogP) is 6.43. The number of allylic oxidation sites excluding steroid dienone is 1. The van der Waals surface area contributed by atoms with Crippen LogP contribution in [0.25, 0.3) is 22.3 Å². The highest BCUT2D eigenvalue weighted by Crippen LogP contribution is 2.29. The highest BCUT2D eigenvalue weighted by molar-refractivity contribution is 8.01. The van der Waals surface area contributed by atoms with Gasteiger partial charge in [-0.2, -0.15) is 5.26 Å². The Kier molecular flexibility index (Phi) is 6.13. The first kappa shape index (κ1) is 20.9. The Morgan fingerprint density at radius 3 is 2.80 bits per heavy atom. The molecule has 0 saturated heterocycles. The first-order valence-corrected chi connectivity index (χ1v) is 11.4. The van der Waals surface area contributed by atoms with Crippen molar-refractivity contribution in [3.8, 4) is 11.8 Å². The van der Waals surface area contributed by atoms with Gasteiger partial charge in [-0.15, -0.1) is 5.10 Å². The zero-order valence-electron chi connectivity index (χ0n) is 15.0. The Bertz CT molecular complexity index is 1350. The Balaban J connectivity index is 1.57. The maximum absolute atomic E-state index is 10.5. The molecule has 2 aromatic heterocycles. The highest BCUT2D eigenvalue weighted by Gasteiger charge is 2.15. The number of nitrogens with zero attached hydrogens (tertiary/aromatic N) is 4. The second-order valence-electron chi connectivity index (χ2n) is 5.97. The number of fused-ring (bicyclic) bond motifs is 1. The fraction of sp³-hybridized carbons (Fsp3) is 0.0526. The third kappa shape index (κ3) is 4.24. The van der Waals surface area contributed by atoms with Gasteiger partial charge < -0.3 is 10.1 Å². The summed E-state index contributed by atoms with van der Waals surface area (Å²) in [5.74, 6) is 0.374. The standard InChI is InChI=1S/C19H11Cl2N5OS3/c20-12-6-5-10(7-13(12)21)26-19(28)30-18(25-26)29-9-16(27)11(8-22)17-23-14-3-1-2-4-15(14)24-17/h1-7,27H,9H2,(H,23,24)/b16-11-. The Morgan fingerprint density at radius 1 is 1.27 bits per heavy atom. The lowest BCUT2D eigenvalue weighted by atomic mass is 10.2. The van der Waals surface area contributed by atoms with Crippen LogP contribution in [-0.4, -0.2) is 30.6 Å². The molecule has 0 spiro atoms. The molecule has 11 heteroatoms. The van der Waals surface area contributed by atoms with Crippen LogP contribution < -0.4 is 0 Å². The van der Waals surface area contributed by atoms with E-state index in [0.717, 1.165) is 11.0 Å². The van der Waals surface area contributed by atoms with Crippen LogP contribution in [0.3, 0.4) is 0 Å². The minimum Gasteiger partial charge on any atom is -0.510 e. The number of thioether (sulfide) groups is 1. The maximum atomic E-state index is 10.5. The van der Waals surface area contributed by atoms with Gasteiger partial charge in [0.15, 0.2) is 14.1 Å². The van der Waals surface area contributed by atoms with Gasteiger partial charge in [0.25, 0.3) is 0 Å². The average Bonchev–Trinajstić information content (AvgIpc) is 3.32. The van der Waals surface area contributed by atoms with Crippen LogP contribution in [-0.2, 0) is 0 Å². The van der Waals surface area contributed by atoms with E-state index in [1.165, 1.54) is 23.1 Å². The van der Waals surface area contributed by atoms with Gasteiger partial charge in [-0.25, -0.2) is 9.67 Å². The van der Waals surface area contributed by atoms with Crippen LogP contribution in [0.2, 0.25) is 10.0 Å². The van der Waals surface area contributed by atoms with Crippen molar-refractivity contribution in [1.82, 2.24) is 19.7 Å². The van der Waals surface area contributed by atoms with Gasteiger partial charge in [-0.05, 0) is 42.5 Å². The van der Waals surface area contributed by atoms with Crippen LogP contribution in [0.5, 0.6) is 0 Å². The maximum Gasteiger partial charge on any atom is 0.184 e. The van der Waals surface area contributed by atoms with E-state index in [0.29, 0.717) is 29.9 Å². The Labute approximate surface area is 194 Å². The molecule has 30 heavy (non-hydrogen) atoms. The summed E-state index contributed by atoms with van der Waals surface area (Å²) in [5.41, 5.74) is 2.29. The molecule has 2 aromatic carbocycles. The quantitative estimate of drug-likeness (QED) is 0.144. The van der Waals surface area contributed by atoms with E-state index < -0.39 is 0 Å². The molecule has 0 amide bonds. The van der Waals surface area contributed by atoms with E-state index in [2.05, 4.69) is 15.1 Å². The summed E-state index contributed by atoms with van der Waals surface area (Å²) in [4.78, 5) is 7.42. The third-order valence-electron chi connectivity index (χ3n) is 4.04. The first-order chi connectivity index (χ1) is 14.5. The SMILES string of the molecule is N#C/C(=C(/O)CSc1nn(-c2ccc(Cl)c(Cl)c2)c(=S)s1)c1nc2ccccc2[nH]1. The van der Waals surface area contributed by atoms with E-state index in [1.54, 1.807) is 22.9 Å². The molecule has 0 aliphatic rings. The number of nitriles is 1. The lowest BCUT2D eigenvalue weighted by molar-refractivity contribution is 0.420. The average molecular weight is 492 g/mol. The lowest BCUT2D eigenvalue weighted by Crippen LogP contribution is -1.97. The molecule has 2 heterocycles. The molecular formula is C19H11Cl2N5OS3. The number of nitrogens with one attached hydrogen (secondary N) is 1. The molecule has 6 nitrogen and oxygen atoms in total. The summed E-state index contributed by atoms with van der Waals surface area (Å²) in [5, 5.41) is 25.3. The van der Waals surface area contributed by atoms with Gasteiger partial charge in [0, 0.05) is 0 Å². The zero-order chi connectivity index (χ0) is 21.3. The summed E-state index contributed by atoms with van der Waals surface area (Å²) in [7, 11) is 0. The van der Waals surface area contributed by atoms with Crippen molar-refractivity contribution in [2.75, 3.05) is 5.75 Å².